The van der Waals surface area contributed by atoms with Gasteiger partial charge in [0.2, 0.25) is 0 Å². The van der Waals surface area contributed by atoms with Gasteiger partial charge in [-0.2, -0.15) is 0 Å². The van der Waals surface area contributed by atoms with Crippen molar-refractivity contribution in [1.29, 1.82) is 0 Å². The summed E-state index contributed by atoms with van der Waals surface area (Å²) in [6.07, 6.45) is 1.97. The molecule has 1 aromatic heterocycles. The summed E-state index contributed by atoms with van der Waals surface area (Å²) in [6.45, 7) is 0. The van der Waals surface area contributed by atoms with Crippen LogP contribution in [0.3, 0.4) is 0 Å². The van der Waals surface area contributed by atoms with Crippen LogP contribution in [0.5, 0.6) is 5.75 Å². The van der Waals surface area contributed by atoms with Gasteiger partial charge in [0, 0.05) is 12.1 Å². The maximum absolute atomic E-state index is 12.0. The predicted molar refractivity (Wildman–Crippen MR) is 86.5 cm³/mol. The highest BCUT2D eigenvalue weighted by molar-refractivity contribution is 5.86. The number of para-hydroxylation sites is 1. The van der Waals surface area contributed by atoms with Crippen molar-refractivity contribution in [2.75, 3.05) is 0 Å². The zero-order valence-corrected chi connectivity index (χ0v) is 11.8. The van der Waals surface area contributed by atoms with E-state index in [9.17, 15) is 9.90 Å². The van der Waals surface area contributed by atoms with Gasteiger partial charge < -0.3 is 15.3 Å². The molecule has 0 amide bonds. The van der Waals surface area contributed by atoms with Gasteiger partial charge >= 0.3 is 5.63 Å². The number of nitrogens with two attached hydrogens (primary N) is 1. The molecule has 110 valence electrons. The van der Waals surface area contributed by atoms with Crippen molar-refractivity contribution in [1.82, 2.24) is 0 Å². The van der Waals surface area contributed by atoms with E-state index in [0.717, 1.165) is 5.56 Å². The number of hydrogen-bond acceptors (Lipinski definition) is 4. The molecule has 1 heterocycles. The Kier molecular flexibility index (Phi) is 3.66. The number of hydrogen-bond donors (Lipinski definition) is 2. The molecule has 0 bridgehead atoms. The third kappa shape index (κ3) is 2.72. The standard InChI is InChI=1S/C18H15NO3/c19-13(10-12-6-2-1-3-7-12)11-15-17(20)14-8-4-5-9-16(14)22-18(15)21/h1-9,11,20H,10,19H2/b13-11-. The first-order valence-electron chi connectivity index (χ1n) is 6.90. The fourth-order valence-electron chi connectivity index (χ4n) is 2.34. The molecular weight excluding hydrogens is 278 g/mol. The minimum Gasteiger partial charge on any atom is -0.506 e. The molecule has 3 N–H and O–H groups in total. The summed E-state index contributed by atoms with van der Waals surface area (Å²) < 4.78 is 5.21. The van der Waals surface area contributed by atoms with Gasteiger partial charge in [-0.1, -0.05) is 42.5 Å². The molecule has 0 aliphatic rings. The second-order valence-electron chi connectivity index (χ2n) is 5.03. The summed E-state index contributed by atoms with van der Waals surface area (Å²) in [5, 5.41) is 10.8. The number of fused-ring (bicyclic) bond motifs is 1. The smallest absolute Gasteiger partial charge is 0.347 e. The van der Waals surface area contributed by atoms with E-state index in [0.29, 0.717) is 23.1 Å². The average molecular weight is 293 g/mol. The van der Waals surface area contributed by atoms with E-state index in [-0.39, 0.29) is 11.3 Å². The highest BCUT2D eigenvalue weighted by Crippen LogP contribution is 2.27. The molecular formula is C18H15NO3. The van der Waals surface area contributed by atoms with Crippen LogP contribution in [0.1, 0.15) is 11.1 Å². The fourth-order valence-corrected chi connectivity index (χ4v) is 2.34. The van der Waals surface area contributed by atoms with E-state index in [1.165, 1.54) is 6.08 Å². The minimum atomic E-state index is -0.604. The van der Waals surface area contributed by atoms with Crippen LogP contribution < -0.4 is 11.4 Å². The molecule has 0 atom stereocenters. The molecule has 0 aliphatic heterocycles. The van der Waals surface area contributed by atoms with Crippen LogP contribution in [0.15, 0.2) is 69.5 Å². The summed E-state index contributed by atoms with van der Waals surface area (Å²) >= 11 is 0. The van der Waals surface area contributed by atoms with Gasteiger partial charge in [0.15, 0.2) is 0 Å². The van der Waals surface area contributed by atoms with Gasteiger partial charge in [-0.3, -0.25) is 0 Å². The van der Waals surface area contributed by atoms with Gasteiger partial charge in [0.25, 0.3) is 0 Å². The Morgan fingerprint density at radius 2 is 1.77 bits per heavy atom. The van der Waals surface area contributed by atoms with Crippen LogP contribution in [-0.2, 0) is 6.42 Å². The normalized spacial score (nSPS) is 11.7. The largest absolute Gasteiger partial charge is 0.506 e. The van der Waals surface area contributed by atoms with Crippen molar-refractivity contribution < 1.29 is 9.52 Å². The van der Waals surface area contributed by atoms with Gasteiger partial charge in [0.1, 0.15) is 16.9 Å². The topological polar surface area (TPSA) is 76.5 Å². The molecule has 4 nitrogen and oxygen atoms in total. The van der Waals surface area contributed by atoms with Gasteiger partial charge in [-0.25, -0.2) is 4.79 Å². The Labute approximate surface area is 127 Å². The molecule has 0 aliphatic carbocycles. The van der Waals surface area contributed by atoms with Crippen LogP contribution in [0.2, 0.25) is 0 Å². The lowest BCUT2D eigenvalue weighted by Gasteiger charge is -2.05. The number of allylic oxidation sites excluding steroid dienone is 1. The predicted octanol–water partition coefficient (Wildman–Crippen LogP) is 3.04. The lowest BCUT2D eigenvalue weighted by atomic mass is 10.1. The Hall–Kier alpha value is -3.01. The van der Waals surface area contributed by atoms with E-state index in [4.69, 9.17) is 10.2 Å². The zero-order valence-electron chi connectivity index (χ0n) is 11.8. The SMILES string of the molecule is N/C(=C\c1c(O)c2ccccc2oc1=O)Cc1ccccc1. The highest BCUT2D eigenvalue weighted by Gasteiger charge is 2.12. The molecule has 0 radical (unpaired) electrons. The van der Waals surface area contributed by atoms with E-state index >= 15 is 0 Å². The van der Waals surface area contributed by atoms with Crippen molar-refractivity contribution in [3.63, 3.8) is 0 Å². The van der Waals surface area contributed by atoms with Gasteiger partial charge in [0.05, 0.1) is 5.39 Å². The Morgan fingerprint density at radius 3 is 2.55 bits per heavy atom. The molecule has 3 aromatic rings. The summed E-state index contributed by atoms with van der Waals surface area (Å²) in [5.41, 5.74) is 7.32. The Bertz CT molecular complexity index is 895. The Balaban J connectivity index is 2.03. The van der Waals surface area contributed by atoms with Crippen LogP contribution in [0, 0.1) is 0 Å². The lowest BCUT2D eigenvalue weighted by molar-refractivity contribution is 0.466. The summed E-state index contributed by atoms with van der Waals surface area (Å²) in [4.78, 5) is 12.0. The average Bonchev–Trinajstić information content (AvgIpc) is 2.52. The first-order valence-corrected chi connectivity index (χ1v) is 6.90. The van der Waals surface area contributed by atoms with Crippen molar-refractivity contribution in [3.8, 4) is 5.75 Å². The van der Waals surface area contributed by atoms with Crippen LogP contribution >= 0.6 is 0 Å². The van der Waals surface area contributed by atoms with Crippen LogP contribution in [0.4, 0.5) is 0 Å². The van der Waals surface area contributed by atoms with Crippen LogP contribution in [-0.4, -0.2) is 5.11 Å². The fraction of sp³-hybridized carbons (Fsp3) is 0.0556. The molecule has 22 heavy (non-hydrogen) atoms. The summed E-state index contributed by atoms with van der Waals surface area (Å²) in [6, 6.07) is 16.5. The van der Waals surface area contributed by atoms with Crippen molar-refractivity contribution in [2.45, 2.75) is 6.42 Å². The molecule has 4 heteroatoms. The number of benzene rings is 2. The van der Waals surface area contributed by atoms with E-state index in [1.807, 2.05) is 30.3 Å². The molecule has 0 saturated carbocycles. The van der Waals surface area contributed by atoms with Gasteiger partial charge in [-0.15, -0.1) is 0 Å². The third-order valence-corrected chi connectivity index (χ3v) is 3.40. The molecule has 0 spiro atoms. The lowest BCUT2D eigenvalue weighted by Crippen LogP contribution is -2.07. The second kappa shape index (κ2) is 5.77. The van der Waals surface area contributed by atoms with Crippen molar-refractivity contribution in [3.05, 3.63) is 81.8 Å². The Morgan fingerprint density at radius 1 is 1.09 bits per heavy atom. The maximum atomic E-state index is 12.0. The van der Waals surface area contributed by atoms with E-state index in [1.54, 1.807) is 24.3 Å². The highest BCUT2D eigenvalue weighted by atomic mass is 16.4. The summed E-state index contributed by atoms with van der Waals surface area (Å²) in [5.74, 6) is -0.108. The second-order valence-corrected chi connectivity index (χ2v) is 5.03. The molecule has 0 fully saturated rings. The van der Waals surface area contributed by atoms with Crippen LogP contribution in [0.25, 0.3) is 17.0 Å². The monoisotopic (exact) mass is 293 g/mol. The van der Waals surface area contributed by atoms with E-state index < -0.39 is 5.63 Å². The minimum absolute atomic E-state index is 0.0760. The molecule has 0 saturated heterocycles. The zero-order chi connectivity index (χ0) is 15.5. The quantitative estimate of drug-likeness (QED) is 0.728. The third-order valence-electron chi connectivity index (χ3n) is 3.40. The number of aromatic hydroxyl groups is 1. The number of rotatable bonds is 3. The van der Waals surface area contributed by atoms with Gasteiger partial charge in [-0.05, 0) is 23.8 Å². The van der Waals surface area contributed by atoms with E-state index in [2.05, 4.69) is 0 Å². The van der Waals surface area contributed by atoms with Crippen molar-refractivity contribution in [2.24, 2.45) is 5.73 Å². The molecule has 2 aromatic carbocycles. The van der Waals surface area contributed by atoms with Crippen molar-refractivity contribution >= 4 is 17.0 Å². The first kappa shape index (κ1) is 13.9. The maximum Gasteiger partial charge on any atom is 0.347 e. The molecule has 3 rings (SSSR count). The first-order chi connectivity index (χ1) is 10.6. The molecule has 0 unspecified atom stereocenters. The summed E-state index contributed by atoms with van der Waals surface area (Å²) in [7, 11) is 0.